The third kappa shape index (κ3) is 2.65. The van der Waals surface area contributed by atoms with Crippen molar-refractivity contribution in [2.45, 2.75) is 37.3 Å². The van der Waals surface area contributed by atoms with Crippen LogP contribution in [0.2, 0.25) is 0 Å². The van der Waals surface area contributed by atoms with Crippen LogP contribution in [0.1, 0.15) is 20.8 Å². The number of sulfonamides is 1. The molecule has 2 rings (SSSR count). The maximum Gasteiger partial charge on any atom is 0.243 e. The number of aromatic amines is 1. The van der Waals surface area contributed by atoms with Crippen LogP contribution in [-0.4, -0.2) is 30.2 Å². The van der Waals surface area contributed by atoms with Gasteiger partial charge in [-0.2, -0.15) is 0 Å². The fraction of sp³-hybridized carbons (Fsp3) is 0.385. The van der Waals surface area contributed by atoms with E-state index in [9.17, 15) is 13.5 Å². The number of aromatic nitrogens is 1. The molecule has 0 bridgehead atoms. The second-order valence-electron chi connectivity index (χ2n) is 5.46. The van der Waals surface area contributed by atoms with E-state index in [0.29, 0.717) is 16.6 Å². The van der Waals surface area contributed by atoms with E-state index in [1.807, 2.05) is 0 Å². The Balaban J connectivity index is 2.48. The van der Waals surface area contributed by atoms with Gasteiger partial charge in [-0.05, 0) is 39.0 Å². The second kappa shape index (κ2) is 4.76. The summed E-state index contributed by atoms with van der Waals surface area (Å²) in [5, 5.41) is 10.2. The molecular formula is C13H19N3O3S. The highest BCUT2D eigenvalue weighted by molar-refractivity contribution is 7.89. The van der Waals surface area contributed by atoms with Crippen molar-refractivity contribution < 1.29 is 13.5 Å². The van der Waals surface area contributed by atoms with Crippen LogP contribution in [0, 0.1) is 0 Å². The zero-order valence-corrected chi connectivity index (χ0v) is 12.5. The lowest BCUT2D eigenvalue weighted by Gasteiger charge is -2.28. The largest absolute Gasteiger partial charge is 0.399 e. The van der Waals surface area contributed by atoms with Crippen molar-refractivity contribution in [2.24, 2.45) is 0 Å². The van der Waals surface area contributed by atoms with Gasteiger partial charge in [0.1, 0.15) is 4.90 Å². The van der Waals surface area contributed by atoms with Gasteiger partial charge in [-0.25, -0.2) is 13.1 Å². The zero-order valence-electron chi connectivity index (χ0n) is 11.6. The van der Waals surface area contributed by atoms with Crippen LogP contribution in [0.25, 0.3) is 10.9 Å². The molecule has 1 aromatic carbocycles. The molecule has 0 fully saturated rings. The summed E-state index contributed by atoms with van der Waals surface area (Å²) in [5.74, 6) is 0. The van der Waals surface area contributed by atoms with Gasteiger partial charge in [-0.1, -0.05) is 0 Å². The summed E-state index contributed by atoms with van der Waals surface area (Å²) < 4.78 is 27.4. The van der Waals surface area contributed by atoms with Crippen molar-refractivity contribution in [3.8, 4) is 0 Å². The first-order valence-corrected chi connectivity index (χ1v) is 7.70. The Morgan fingerprint density at radius 1 is 1.40 bits per heavy atom. The van der Waals surface area contributed by atoms with Crippen LogP contribution < -0.4 is 10.5 Å². The van der Waals surface area contributed by atoms with E-state index >= 15 is 0 Å². The molecule has 1 aromatic heterocycles. The lowest BCUT2D eigenvalue weighted by atomic mass is 10.0. The number of nitrogens with one attached hydrogen (secondary N) is 2. The Hall–Kier alpha value is -1.57. The zero-order chi connectivity index (χ0) is 15.1. The molecule has 2 aromatic rings. The number of anilines is 1. The lowest BCUT2D eigenvalue weighted by Crippen LogP contribution is -2.50. The third-order valence-corrected chi connectivity index (χ3v) is 5.11. The Kier molecular flexibility index (Phi) is 3.53. The fourth-order valence-corrected chi connectivity index (χ4v) is 3.48. The quantitative estimate of drug-likeness (QED) is 0.636. The molecule has 20 heavy (non-hydrogen) atoms. The number of fused-ring (bicyclic) bond motifs is 1. The lowest BCUT2D eigenvalue weighted by molar-refractivity contribution is 0.111. The molecule has 1 atom stereocenters. The summed E-state index contributed by atoms with van der Waals surface area (Å²) in [6, 6.07) is 4.98. The molecule has 0 radical (unpaired) electrons. The van der Waals surface area contributed by atoms with Gasteiger partial charge < -0.3 is 15.8 Å². The molecule has 0 saturated carbocycles. The summed E-state index contributed by atoms with van der Waals surface area (Å²) >= 11 is 0. The van der Waals surface area contributed by atoms with Crippen LogP contribution >= 0.6 is 0 Å². The average molecular weight is 297 g/mol. The first-order chi connectivity index (χ1) is 9.13. The fourth-order valence-electron chi connectivity index (χ4n) is 1.83. The van der Waals surface area contributed by atoms with E-state index in [4.69, 9.17) is 5.73 Å². The summed E-state index contributed by atoms with van der Waals surface area (Å²) in [4.78, 5) is 3.03. The van der Waals surface area contributed by atoms with E-state index in [0.717, 1.165) is 0 Å². The minimum Gasteiger partial charge on any atom is -0.399 e. The minimum atomic E-state index is -3.74. The minimum absolute atomic E-state index is 0.140. The molecule has 0 aliphatic carbocycles. The number of hydrogen-bond donors (Lipinski definition) is 4. The molecule has 1 heterocycles. The number of hydrogen-bond acceptors (Lipinski definition) is 4. The molecule has 6 nitrogen and oxygen atoms in total. The summed E-state index contributed by atoms with van der Waals surface area (Å²) in [6.07, 6.45) is 0.600. The number of H-pyrrole nitrogens is 1. The number of rotatable bonds is 4. The summed E-state index contributed by atoms with van der Waals surface area (Å²) in [6.45, 7) is 4.79. The number of aliphatic hydroxyl groups is 1. The number of aliphatic hydroxyl groups excluding tert-OH is 1. The van der Waals surface area contributed by atoms with Crippen molar-refractivity contribution in [3.63, 3.8) is 0 Å². The average Bonchev–Trinajstić information content (AvgIpc) is 2.70. The van der Waals surface area contributed by atoms with Crippen LogP contribution in [-0.2, 0) is 10.0 Å². The van der Waals surface area contributed by atoms with Gasteiger partial charge in [0.25, 0.3) is 0 Å². The molecule has 0 amide bonds. The van der Waals surface area contributed by atoms with Crippen LogP contribution in [0.5, 0.6) is 0 Å². The Morgan fingerprint density at radius 3 is 2.65 bits per heavy atom. The molecule has 0 saturated heterocycles. The molecule has 110 valence electrons. The highest BCUT2D eigenvalue weighted by Gasteiger charge is 2.31. The first-order valence-electron chi connectivity index (χ1n) is 6.22. The predicted molar refractivity (Wildman–Crippen MR) is 78.8 cm³/mol. The van der Waals surface area contributed by atoms with Crippen LogP contribution in [0.15, 0.2) is 29.3 Å². The number of nitrogens with two attached hydrogens (primary N) is 1. The van der Waals surface area contributed by atoms with Gasteiger partial charge in [0.05, 0.1) is 11.6 Å². The molecule has 1 unspecified atom stereocenters. The summed E-state index contributed by atoms with van der Waals surface area (Å²) in [7, 11) is -3.74. The SMILES string of the molecule is CC(O)C(C)(C)NS(=O)(=O)c1c[nH]c2cc(N)ccc12. The van der Waals surface area contributed by atoms with Gasteiger partial charge in [-0.15, -0.1) is 0 Å². The van der Waals surface area contributed by atoms with Gasteiger partial charge in [-0.3, -0.25) is 0 Å². The molecular weight excluding hydrogens is 278 g/mol. The van der Waals surface area contributed by atoms with Crippen LogP contribution in [0.3, 0.4) is 0 Å². The normalized spacial score (nSPS) is 14.6. The van der Waals surface area contributed by atoms with Crippen molar-refractivity contribution in [2.75, 3.05) is 5.73 Å². The van der Waals surface area contributed by atoms with Gasteiger partial charge >= 0.3 is 0 Å². The van der Waals surface area contributed by atoms with E-state index in [1.54, 1.807) is 39.0 Å². The maximum absolute atomic E-state index is 12.4. The van der Waals surface area contributed by atoms with Crippen molar-refractivity contribution >= 4 is 26.6 Å². The monoisotopic (exact) mass is 297 g/mol. The highest BCUT2D eigenvalue weighted by Crippen LogP contribution is 2.25. The Labute approximate surface area is 118 Å². The second-order valence-corrected chi connectivity index (χ2v) is 7.11. The molecule has 7 heteroatoms. The topological polar surface area (TPSA) is 108 Å². The standard InChI is InChI=1S/C13H19N3O3S/c1-8(17)13(2,3)16-20(18,19)12-7-15-11-6-9(14)4-5-10(11)12/h4-8,15-17H,14H2,1-3H3. The molecule has 5 N–H and O–H groups in total. The summed E-state index contributed by atoms with van der Waals surface area (Å²) in [5.41, 5.74) is 5.91. The number of benzene rings is 1. The van der Waals surface area contributed by atoms with Gasteiger partial charge in [0.15, 0.2) is 0 Å². The smallest absolute Gasteiger partial charge is 0.243 e. The van der Waals surface area contributed by atoms with E-state index in [-0.39, 0.29) is 4.90 Å². The predicted octanol–water partition coefficient (Wildman–Crippen LogP) is 1.19. The number of nitrogen functional groups attached to an aromatic ring is 1. The third-order valence-electron chi connectivity index (χ3n) is 3.40. The van der Waals surface area contributed by atoms with Gasteiger partial charge in [0.2, 0.25) is 10.0 Å². The van der Waals surface area contributed by atoms with Crippen molar-refractivity contribution in [3.05, 3.63) is 24.4 Å². The maximum atomic E-state index is 12.4. The van der Waals surface area contributed by atoms with E-state index < -0.39 is 21.7 Å². The highest BCUT2D eigenvalue weighted by atomic mass is 32.2. The Bertz CT molecular complexity index is 732. The molecule has 0 spiro atoms. The van der Waals surface area contributed by atoms with Crippen molar-refractivity contribution in [1.29, 1.82) is 0 Å². The van der Waals surface area contributed by atoms with Crippen LogP contribution in [0.4, 0.5) is 5.69 Å². The van der Waals surface area contributed by atoms with E-state index in [2.05, 4.69) is 9.71 Å². The molecule has 0 aliphatic rings. The van der Waals surface area contributed by atoms with E-state index in [1.165, 1.54) is 6.20 Å². The Morgan fingerprint density at radius 2 is 2.05 bits per heavy atom. The van der Waals surface area contributed by atoms with Crippen molar-refractivity contribution in [1.82, 2.24) is 9.71 Å². The van der Waals surface area contributed by atoms with Gasteiger partial charge in [0, 0.05) is 22.8 Å². The first kappa shape index (κ1) is 14.8. The molecule has 0 aliphatic heterocycles.